The lowest BCUT2D eigenvalue weighted by Gasteiger charge is -1.98. The van der Waals surface area contributed by atoms with E-state index in [2.05, 4.69) is 16.2 Å². The quantitative estimate of drug-likeness (QED) is 0.427. The summed E-state index contributed by atoms with van der Waals surface area (Å²) in [4.78, 5) is 0. The molecule has 0 aromatic carbocycles. The van der Waals surface area contributed by atoms with Crippen molar-refractivity contribution in [1.82, 2.24) is 0 Å². The van der Waals surface area contributed by atoms with Crippen LogP contribution in [0.2, 0.25) is 0 Å². The molecular weight excluding hydrogens is 167 g/mol. The van der Waals surface area contributed by atoms with Gasteiger partial charge in [-0.05, 0) is 22.1 Å². The van der Waals surface area contributed by atoms with Crippen molar-refractivity contribution < 1.29 is 5.48 Å². The van der Waals surface area contributed by atoms with E-state index in [1.807, 2.05) is 0 Å². The molecule has 0 aliphatic carbocycles. The van der Waals surface area contributed by atoms with Gasteiger partial charge in [0.25, 0.3) is 0 Å². The summed E-state index contributed by atoms with van der Waals surface area (Å²) in [7, 11) is 2.10. The van der Waals surface area contributed by atoms with Crippen molar-refractivity contribution in [3.8, 4) is 0 Å². The summed E-state index contributed by atoms with van der Waals surface area (Å²) >= 11 is 0. The Labute approximate surface area is 79.8 Å². The Morgan fingerprint density at radius 2 is 1.17 bits per heavy atom. The number of hydrogen-bond acceptors (Lipinski definition) is 1. The summed E-state index contributed by atoms with van der Waals surface area (Å²) < 4.78 is 0. The molecule has 1 nitrogen and oxygen atoms in total. The Balaban J connectivity index is 0. The maximum atomic E-state index is 2.28. The minimum atomic E-state index is 0. The fourth-order valence-corrected chi connectivity index (χ4v) is 1.66. The molecule has 0 radical (unpaired) electrons. The fourth-order valence-electron chi connectivity index (χ4n) is 1.31. The summed E-state index contributed by atoms with van der Waals surface area (Å²) in [5.74, 6) is 0. The average molecular weight is 192 g/mol. The van der Waals surface area contributed by atoms with Crippen LogP contribution in [0.5, 0.6) is 0 Å². The molecule has 76 valence electrons. The van der Waals surface area contributed by atoms with Gasteiger partial charge in [-0.3, -0.25) is 0 Å². The molecule has 1 atom stereocenters. The molecule has 0 saturated carbocycles. The molecule has 0 aliphatic heterocycles. The smallest absolute Gasteiger partial charge is 0.0526 e. The second-order valence-corrected chi connectivity index (χ2v) is 4.04. The van der Waals surface area contributed by atoms with Crippen LogP contribution >= 0.6 is 9.24 Å². The highest BCUT2D eigenvalue weighted by Crippen LogP contribution is 2.08. The van der Waals surface area contributed by atoms with Gasteiger partial charge in [0, 0.05) is 0 Å². The molecule has 0 amide bonds. The molecule has 1 N–H and O–H groups in total. The molecule has 0 rings (SSSR count). The van der Waals surface area contributed by atoms with Crippen LogP contribution in [0.3, 0.4) is 0 Å². The molecule has 0 heterocycles. The highest BCUT2D eigenvalue weighted by Gasteiger charge is 1.89. The number of hydrogen-bond donors (Lipinski definition) is 0. The van der Waals surface area contributed by atoms with E-state index in [1.54, 1.807) is 0 Å². The van der Waals surface area contributed by atoms with Crippen molar-refractivity contribution in [2.24, 2.45) is 0 Å². The van der Waals surface area contributed by atoms with Gasteiger partial charge in [0.05, 0.1) is 6.16 Å². The molecule has 2 heteroatoms. The molecule has 0 aliphatic rings. The van der Waals surface area contributed by atoms with Gasteiger partial charge in [-0.1, -0.05) is 45.4 Å². The zero-order chi connectivity index (χ0) is 8.36. The van der Waals surface area contributed by atoms with Crippen LogP contribution in [0.15, 0.2) is 0 Å². The van der Waals surface area contributed by atoms with Crippen molar-refractivity contribution in [3.05, 3.63) is 0 Å². The van der Waals surface area contributed by atoms with Gasteiger partial charge in [0.15, 0.2) is 0 Å². The van der Waals surface area contributed by atoms with Crippen molar-refractivity contribution in [2.45, 2.75) is 58.3 Å². The maximum absolute atomic E-state index is 2.28. The van der Waals surface area contributed by atoms with E-state index in [0.717, 1.165) is 0 Å². The molecule has 1 unspecified atom stereocenters. The zero-order valence-corrected chi connectivity index (χ0v) is 9.93. The van der Waals surface area contributed by atoms with E-state index in [9.17, 15) is 0 Å². The van der Waals surface area contributed by atoms with E-state index >= 15 is 0 Å². The van der Waals surface area contributed by atoms with Crippen LogP contribution < -0.4 is 0 Å². The van der Waals surface area contributed by atoms with Crippen LogP contribution in [-0.4, -0.2) is 11.6 Å². The molecule has 0 aromatic heterocycles. The molecule has 0 bridgehead atoms. The van der Waals surface area contributed by atoms with Gasteiger partial charge in [0.1, 0.15) is 0 Å². The number of rotatable bonds is 8. The van der Waals surface area contributed by atoms with Gasteiger partial charge >= 0.3 is 0 Å². The zero-order valence-electron chi connectivity index (χ0n) is 8.52. The first-order valence-corrected chi connectivity index (χ1v) is 6.21. The van der Waals surface area contributed by atoms with Crippen molar-refractivity contribution >= 4 is 9.24 Å². The first-order valence-electron chi connectivity index (χ1n) is 5.21. The SMILES string of the molecule is CCCCCCCCCC[PH3+].[OH-]. The highest BCUT2D eigenvalue weighted by atomic mass is 31.0. The standard InChI is InChI=1S/C10H23P.H2O/c1-2-3-4-5-6-7-8-9-10-11;/h2-11H2,1H3;1H2. The largest absolute Gasteiger partial charge is 0.870 e. The third-order valence-corrected chi connectivity index (χ3v) is 2.60. The van der Waals surface area contributed by atoms with Crippen LogP contribution in [0.25, 0.3) is 0 Å². The Hall–Kier alpha value is 0.390. The van der Waals surface area contributed by atoms with Crippen LogP contribution in [0.4, 0.5) is 0 Å². The summed E-state index contributed by atoms with van der Waals surface area (Å²) in [5.41, 5.74) is 0. The van der Waals surface area contributed by atoms with Crippen molar-refractivity contribution in [1.29, 1.82) is 0 Å². The minimum absolute atomic E-state index is 0. The Morgan fingerprint density at radius 3 is 1.58 bits per heavy atom. The predicted molar refractivity (Wildman–Crippen MR) is 60.5 cm³/mol. The Morgan fingerprint density at radius 1 is 0.750 bits per heavy atom. The molecule has 0 spiro atoms. The fraction of sp³-hybridized carbons (Fsp3) is 1.00. The van der Waals surface area contributed by atoms with Crippen LogP contribution in [0, 0.1) is 0 Å². The third-order valence-electron chi connectivity index (χ3n) is 2.10. The molecule has 12 heavy (non-hydrogen) atoms. The normalized spacial score (nSPS) is 9.75. The monoisotopic (exact) mass is 192 g/mol. The van der Waals surface area contributed by atoms with Gasteiger partial charge in [-0.15, -0.1) is 0 Å². The molecule has 0 aromatic rings. The molecule has 0 fully saturated rings. The average Bonchev–Trinajstić information content (AvgIpc) is 2.03. The van der Waals surface area contributed by atoms with Gasteiger partial charge in [-0.25, -0.2) is 0 Å². The van der Waals surface area contributed by atoms with Crippen LogP contribution in [-0.2, 0) is 0 Å². The van der Waals surface area contributed by atoms with Crippen LogP contribution in [0.1, 0.15) is 58.3 Å². The number of unbranched alkanes of at least 4 members (excludes halogenated alkanes) is 7. The molecule has 0 saturated heterocycles. The lowest BCUT2D eigenvalue weighted by Crippen LogP contribution is -1.80. The minimum Gasteiger partial charge on any atom is -0.870 e. The van der Waals surface area contributed by atoms with E-state index in [-0.39, 0.29) is 5.48 Å². The summed E-state index contributed by atoms with van der Waals surface area (Å²) in [6.45, 7) is 2.28. The maximum Gasteiger partial charge on any atom is 0.0526 e. The highest BCUT2D eigenvalue weighted by molar-refractivity contribution is 7.16. The van der Waals surface area contributed by atoms with E-state index < -0.39 is 0 Å². The Kier molecular flexibility index (Phi) is 17.3. The second-order valence-electron chi connectivity index (χ2n) is 3.33. The third kappa shape index (κ3) is 13.0. The molecular formula is C10H25OP. The summed E-state index contributed by atoms with van der Waals surface area (Å²) in [5, 5.41) is 0. The first-order chi connectivity index (χ1) is 5.41. The van der Waals surface area contributed by atoms with Gasteiger partial charge < -0.3 is 5.48 Å². The summed E-state index contributed by atoms with van der Waals surface area (Å²) in [6, 6.07) is 0. The second kappa shape index (κ2) is 13.9. The summed E-state index contributed by atoms with van der Waals surface area (Å²) in [6.07, 6.45) is 13.0. The van der Waals surface area contributed by atoms with Gasteiger partial charge in [-0.2, -0.15) is 0 Å². The lowest BCUT2D eigenvalue weighted by molar-refractivity contribution is 0.586. The van der Waals surface area contributed by atoms with Crippen molar-refractivity contribution in [2.75, 3.05) is 6.16 Å². The first kappa shape index (κ1) is 14.9. The van der Waals surface area contributed by atoms with E-state index in [4.69, 9.17) is 0 Å². The van der Waals surface area contributed by atoms with E-state index in [0.29, 0.717) is 0 Å². The van der Waals surface area contributed by atoms with Gasteiger partial charge in [0.2, 0.25) is 0 Å². The Bertz CT molecular complexity index is 58.9. The lowest BCUT2D eigenvalue weighted by atomic mass is 10.1. The van der Waals surface area contributed by atoms with E-state index in [1.165, 1.54) is 57.5 Å². The predicted octanol–water partition coefficient (Wildman–Crippen LogP) is 3.56. The van der Waals surface area contributed by atoms with Crippen molar-refractivity contribution in [3.63, 3.8) is 0 Å². The topological polar surface area (TPSA) is 30.0 Å².